The van der Waals surface area contributed by atoms with Crippen LogP contribution < -0.4 is 10.6 Å². The Labute approximate surface area is 99.1 Å². The van der Waals surface area contributed by atoms with Crippen molar-refractivity contribution in [3.63, 3.8) is 0 Å². The lowest BCUT2D eigenvalue weighted by molar-refractivity contribution is -0.131. The summed E-state index contributed by atoms with van der Waals surface area (Å²) in [4.78, 5) is 32.5. The standard InChI is InChI=1S/C11H16N2O4/c1-7(8-3-2-4-8)12-11(17)13-9(14)5-6-10(15)16/h5-8H,2-4H2,1H3,(H,15,16)(H2,12,13,14,17)/b6-5+. The Morgan fingerprint density at radius 3 is 2.41 bits per heavy atom. The van der Waals surface area contributed by atoms with Gasteiger partial charge in [0.1, 0.15) is 0 Å². The molecule has 0 saturated heterocycles. The zero-order chi connectivity index (χ0) is 12.8. The van der Waals surface area contributed by atoms with E-state index in [-0.39, 0.29) is 6.04 Å². The predicted molar refractivity (Wildman–Crippen MR) is 60.3 cm³/mol. The van der Waals surface area contributed by atoms with E-state index in [2.05, 4.69) is 5.32 Å². The number of imide groups is 1. The van der Waals surface area contributed by atoms with Gasteiger partial charge in [0.25, 0.3) is 5.91 Å². The van der Waals surface area contributed by atoms with Crippen molar-refractivity contribution in [2.24, 2.45) is 5.92 Å². The molecule has 3 amide bonds. The van der Waals surface area contributed by atoms with Gasteiger partial charge in [-0.05, 0) is 25.7 Å². The van der Waals surface area contributed by atoms with Crippen LogP contribution in [0.5, 0.6) is 0 Å². The van der Waals surface area contributed by atoms with Gasteiger partial charge in [-0.25, -0.2) is 9.59 Å². The second kappa shape index (κ2) is 6.03. The lowest BCUT2D eigenvalue weighted by Gasteiger charge is -2.31. The summed E-state index contributed by atoms with van der Waals surface area (Å²) in [6.45, 7) is 1.89. The van der Waals surface area contributed by atoms with Crippen LogP contribution in [-0.4, -0.2) is 29.1 Å². The van der Waals surface area contributed by atoms with Crippen LogP contribution in [-0.2, 0) is 9.59 Å². The normalized spacial score (nSPS) is 17.2. The number of hydrogen-bond acceptors (Lipinski definition) is 3. The van der Waals surface area contributed by atoms with Crippen LogP contribution in [0.3, 0.4) is 0 Å². The molecule has 0 aromatic heterocycles. The lowest BCUT2D eigenvalue weighted by atomic mass is 9.80. The summed E-state index contributed by atoms with van der Waals surface area (Å²) in [5, 5.41) is 13.0. The molecule has 94 valence electrons. The first-order valence-corrected chi connectivity index (χ1v) is 5.51. The summed E-state index contributed by atoms with van der Waals surface area (Å²) < 4.78 is 0. The predicted octanol–water partition coefficient (Wildman–Crippen LogP) is 0.642. The van der Waals surface area contributed by atoms with E-state index < -0.39 is 17.9 Å². The van der Waals surface area contributed by atoms with Crippen LogP contribution in [0.15, 0.2) is 12.2 Å². The van der Waals surface area contributed by atoms with Crippen molar-refractivity contribution in [2.75, 3.05) is 0 Å². The molecule has 6 heteroatoms. The zero-order valence-corrected chi connectivity index (χ0v) is 9.60. The van der Waals surface area contributed by atoms with Crippen molar-refractivity contribution in [1.29, 1.82) is 0 Å². The summed E-state index contributed by atoms with van der Waals surface area (Å²) in [6, 6.07) is -0.565. The number of carbonyl (C=O) groups excluding carboxylic acids is 2. The maximum atomic E-state index is 11.3. The third kappa shape index (κ3) is 4.67. The molecule has 0 aliphatic heterocycles. The van der Waals surface area contributed by atoms with Gasteiger partial charge in [-0.3, -0.25) is 10.1 Å². The molecule has 1 aliphatic rings. The summed E-state index contributed by atoms with van der Waals surface area (Å²) in [7, 11) is 0. The third-order valence-corrected chi connectivity index (χ3v) is 2.83. The molecule has 1 rings (SSSR count). The van der Waals surface area contributed by atoms with E-state index in [0.717, 1.165) is 18.9 Å². The van der Waals surface area contributed by atoms with E-state index in [1.54, 1.807) is 0 Å². The molecule has 6 nitrogen and oxygen atoms in total. The Hall–Kier alpha value is -1.85. The Bertz CT molecular complexity index is 347. The van der Waals surface area contributed by atoms with Gasteiger partial charge in [-0.1, -0.05) is 6.42 Å². The van der Waals surface area contributed by atoms with Crippen LogP contribution >= 0.6 is 0 Å². The molecule has 3 N–H and O–H groups in total. The monoisotopic (exact) mass is 240 g/mol. The van der Waals surface area contributed by atoms with Gasteiger partial charge in [0.05, 0.1) is 0 Å². The minimum atomic E-state index is -1.23. The van der Waals surface area contributed by atoms with Crippen molar-refractivity contribution in [3.05, 3.63) is 12.2 Å². The molecule has 0 radical (unpaired) electrons. The fourth-order valence-electron chi connectivity index (χ4n) is 1.60. The molecule has 1 unspecified atom stereocenters. The summed E-state index contributed by atoms with van der Waals surface area (Å²) in [5.41, 5.74) is 0. The van der Waals surface area contributed by atoms with Gasteiger partial charge in [0.15, 0.2) is 0 Å². The van der Waals surface area contributed by atoms with Gasteiger partial charge < -0.3 is 10.4 Å². The number of aliphatic carboxylic acids is 1. The number of urea groups is 1. The van der Waals surface area contributed by atoms with E-state index in [9.17, 15) is 14.4 Å². The lowest BCUT2D eigenvalue weighted by Crippen LogP contribution is -2.47. The number of nitrogens with one attached hydrogen (secondary N) is 2. The molecule has 17 heavy (non-hydrogen) atoms. The number of carboxylic acids is 1. The Morgan fingerprint density at radius 1 is 1.29 bits per heavy atom. The highest BCUT2D eigenvalue weighted by atomic mass is 16.4. The number of hydrogen-bond donors (Lipinski definition) is 3. The first-order valence-electron chi connectivity index (χ1n) is 5.51. The smallest absolute Gasteiger partial charge is 0.328 e. The number of carbonyl (C=O) groups is 3. The van der Waals surface area contributed by atoms with Gasteiger partial charge in [0.2, 0.25) is 0 Å². The second-order valence-electron chi connectivity index (χ2n) is 4.11. The number of rotatable bonds is 4. The van der Waals surface area contributed by atoms with Crippen molar-refractivity contribution in [3.8, 4) is 0 Å². The SMILES string of the molecule is CC(NC(=O)NC(=O)/C=C/C(=O)O)C1CCC1. The van der Waals surface area contributed by atoms with E-state index in [1.807, 2.05) is 12.2 Å². The second-order valence-corrected chi connectivity index (χ2v) is 4.11. The average molecular weight is 240 g/mol. The molecule has 1 fully saturated rings. The highest BCUT2D eigenvalue weighted by Crippen LogP contribution is 2.29. The van der Waals surface area contributed by atoms with Gasteiger partial charge in [-0.2, -0.15) is 0 Å². The summed E-state index contributed by atoms with van der Waals surface area (Å²) >= 11 is 0. The third-order valence-electron chi connectivity index (χ3n) is 2.83. The van der Waals surface area contributed by atoms with E-state index in [0.29, 0.717) is 12.0 Å². The first kappa shape index (κ1) is 13.2. The molecule has 0 aromatic rings. The van der Waals surface area contributed by atoms with Gasteiger partial charge in [-0.15, -0.1) is 0 Å². The van der Waals surface area contributed by atoms with Crippen molar-refractivity contribution < 1.29 is 19.5 Å². The summed E-state index contributed by atoms with van der Waals surface area (Å²) in [5.74, 6) is -1.50. The molecule has 0 spiro atoms. The fraction of sp³-hybridized carbons (Fsp3) is 0.545. The van der Waals surface area contributed by atoms with Crippen molar-refractivity contribution in [1.82, 2.24) is 10.6 Å². The highest BCUT2D eigenvalue weighted by molar-refractivity contribution is 6.02. The Balaban J connectivity index is 2.28. The molecule has 1 saturated carbocycles. The van der Waals surface area contributed by atoms with Gasteiger partial charge >= 0.3 is 12.0 Å². The molecule has 1 aliphatic carbocycles. The Kier molecular flexibility index (Phi) is 4.68. The quantitative estimate of drug-likeness (QED) is 0.628. The fourth-order valence-corrected chi connectivity index (χ4v) is 1.60. The first-order chi connectivity index (χ1) is 7.99. The highest BCUT2D eigenvalue weighted by Gasteiger charge is 2.25. The van der Waals surface area contributed by atoms with Crippen LogP contribution in [0.4, 0.5) is 4.79 Å². The Morgan fingerprint density at radius 2 is 1.94 bits per heavy atom. The minimum Gasteiger partial charge on any atom is -0.478 e. The summed E-state index contributed by atoms with van der Waals surface area (Å²) in [6.07, 6.45) is 4.84. The molecule has 0 bridgehead atoms. The zero-order valence-electron chi connectivity index (χ0n) is 9.60. The van der Waals surface area contributed by atoms with Crippen LogP contribution in [0, 0.1) is 5.92 Å². The van der Waals surface area contributed by atoms with Gasteiger partial charge in [0, 0.05) is 18.2 Å². The van der Waals surface area contributed by atoms with E-state index >= 15 is 0 Å². The largest absolute Gasteiger partial charge is 0.478 e. The van der Waals surface area contributed by atoms with E-state index in [1.165, 1.54) is 6.42 Å². The van der Waals surface area contributed by atoms with E-state index in [4.69, 9.17) is 5.11 Å². The minimum absolute atomic E-state index is 0.0278. The number of carboxylic acid groups (broad SMARTS) is 1. The van der Waals surface area contributed by atoms with Crippen LogP contribution in [0.25, 0.3) is 0 Å². The molecule has 1 atom stereocenters. The molecular formula is C11H16N2O4. The maximum absolute atomic E-state index is 11.3. The molecular weight excluding hydrogens is 224 g/mol. The van der Waals surface area contributed by atoms with Crippen LogP contribution in [0.1, 0.15) is 26.2 Å². The van der Waals surface area contributed by atoms with Crippen molar-refractivity contribution in [2.45, 2.75) is 32.2 Å². The molecule has 0 aromatic carbocycles. The maximum Gasteiger partial charge on any atom is 0.328 e. The molecule has 0 heterocycles. The number of amides is 3. The average Bonchev–Trinajstić information content (AvgIpc) is 2.11. The topological polar surface area (TPSA) is 95.5 Å². The van der Waals surface area contributed by atoms with Crippen LogP contribution in [0.2, 0.25) is 0 Å². The van der Waals surface area contributed by atoms with Crippen molar-refractivity contribution >= 4 is 17.9 Å².